The molecule has 2 rings (SSSR count). The van der Waals surface area contributed by atoms with Crippen molar-refractivity contribution in [2.24, 2.45) is 0 Å². The number of hydrogen-bond acceptors (Lipinski definition) is 5. The predicted octanol–water partition coefficient (Wildman–Crippen LogP) is 2.85. The summed E-state index contributed by atoms with van der Waals surface area (Å²) in [5.41, 5.74) is 0.793. The second-order valence-corrected chi connectivity index (χ2v) is 8.02. The van der Waals surface area contributed by atoms with Crippen LogP contribution in [-0.2, 0) is 19.6 Å². The van der Waals surface area contributed by atoms with Gasteiger partial charge in [0.25, 0.3) is 0 Å². The average Bonchev–Trinajstić information content (AvgIpc) is 2.63. The molecule has 0 heterocycles. The number of benzene rings is 2. The third-order valence-corrected chi connectivity index (χ3v) is 5.12. The first-order valence-electron chi connectivity index (χ1n) is 8.54. The van der Waals surface area contributed by atoms with Crippen LogP contribution in [0.4, 0.5) is 20.2 Å². The molecule has 156 valence electrons. The SMILES string of the molecule is CCOC(=O)c1cccc(NC(=O)CN(c2ccc(F)c(F)c2)S(C)(=O)=O)c1C. The summed E-state index contributed by atoms with van der Waals surface area (Å²) in [5, 5.41) is 2.53. The van der Waals surface area contributed by atoms with Crippen molar-refractivity contribution in [3.8, 4) is 0 Å². The van der Waals surface area contributed by atoms with E-state index in [1.807, 2.05) is 0 Å². The molecule has 0 unspecified atom stereocenters. The minimum Gasteiger partial charge on any atom is -0.462 e. The highest BCUT2D eigenvalue weighted by atomic mass is 32.2. The Hall–Kier alpha value is -3.01. The van der Waals surface area contributed by atoms with Crippen LogP contribution in [0.25, 0.3) is 0 Å². The quantitative estimate of drug-likeness (QED) is 0.688. The highest BCUT2D eigenvalue weighted by Crippen LogP contribution is 2.22. The van der Waals surface area contributed by atoms with Gasteiger partial charge < -0.3 is 10.1 Å². The van der Waals surface area contributed by atoms with E-state index in [2.05, 4.69) is 5.32 Å². The van der Waals surface area contributed by atoms with E-state index in [0.717, 1.165) is 18.4 Å². The standard InChI is InChI=1S/C19H20F2N2O5S/c1-4-28-19(25)14-6-5-7-17(12(14)2)22-18(24)11-23(29(3,26)27)13-8-9-15(20)16(21)10-13/h5-10H,4,11H2,1-3H3,(H,22,24). The van der Waals surface area contributed by atoms with Crippen molar-refractivity contribution in [2.45, 2.75) is 13.8 Å². The third kappa shape index (κ3) is 5.50. The zero-order chi connectivity index (χ0) is 21.8. The van der Waals surface area contributed by atoms with Crippen molar-refractivity contribution in [3.05, 3.63) is 59.2 Å². The molecule has 0 aliphatic carbocycles. The monoisotopic (exact) mass is 426 g/mol. The maximum absolute atomic E-state index is 13.5. The molecule has 2 aromatic rings. The summed E-state index contributed by atoms with van der Waals surface area (Å²) in [5.74, 6) is -3.67. The van der Waals surface area contributed by atoms with Crippen LogP contribution in [0.3, 0.4) is 0 Å². The van der Waals surface area contributed by atoms with Crippen molar-refractivity contribution in [1.29, 1.82) is 0 Å². The minimum atomic E-state index is -3.96. The van der Waals surface area contributed by atoms with Gasteiger partial charge in [-0.05, 0) is 43.7 Å². The Bertz CT molecular complexity index is 1040. The lowest BCUT2D eigenvalue weighted by Gasteiger charge is -2.22. The number of sulfonamides is 1. The number of carbonyl (C=O) groups is 2. The van der Waals surface area contributed by atoms with Crippen molar-refractivity contribution in [3.63, 3.8) is 0 Å². The van der Waals surface area contributed by atoms with E-state index < -0.39 is 40.1 Å². The Labute approximate surface area is 167 Å². The molecule has 0 aliphatic heterocycles. The number of nitrogens with zero attached hydrogens (tertiary/aromatic N) is 1. The minimum absolute atomic E-state index is 0.187. The fourth-order valence-electron chi connectivity index (χ4n) is 2.56. The molecule has 0 atom stereocenters. The van der Waals surface area contributed by atoms with E-state index in [4.69, 9.17) is 4.74 Å². The van der Waals surface area contributed by atoms with Crippen molar-refractivity contribution >= 4 is 33.3 Å². The Morgan fingerprint density at radius 2 is 1.83 bits per heavy atom. The van der Waals surface area contributed by atoms with E-state index >= 15 is 0 Å². The smallest absolute Gasteiger partial charge is 0.338 e. The van der Waals surface area contributed by atoms with Crippen molar-refractivity contribution in [2.75, 3.05) is 29.0 Å². The van der Waals surface area contributed by atoms with Gasteiger partial charge in [-0.3, -0.25) is 9.10 Å². The summed E-state index contributed by atoms with van der Waals surface area (Å²) in [7, 11) is -3.96. The van der Waals surface area contributed by atoms with E-state index in [1.54, 1.807) is 19.9 Å². The summed E-state index contributed by atoms with van der Waals surface area (Å²) in [6, 6.07) is 7.13. The van der Waals surface area contributed by atoms with Crippen LogP contribution in [-0.4, -0.2) is 39.7 Å². The first-order chi connectivity index (χ1) is 13.5. The second kappa shape index (κ2) is 8.99. The molecule has 0 bridgehead atoms. The lowest BCUT2D eigenvalue weighted by molar-refractivity contribution is -0.114. The number of ether oxygens (including phenoxy) is 1. The summed E-state index contributed by atoms with van der Waals surface area (Å²) < 4.78 is 56.4. The molecule has 0 spiro atoms. The molecule has 1 N–H and O–H groups in total. The van der Waals surface area contributed by atoms with Gasteiger partial charge in [-0.1, -0.05) is 6.07 Å². The summed E-state index contributed by atoms with van der Waals surface area (Å²) in [6.07, 6.45) is 0.841. The van der Waals surface area contributed by atoms with Gasteiger partial charge >= 0.3 is 5.97 Å². The molecule has 7 nitrogen and oxygen atoms in total. The first-order valence-corrected chi connectivity index (χ1v) is 10.4. The van der Waals surface area contributed by atoms with Crippen LogP contribution in [0, 0.1) is 18.6 Å². The van der Waals surface area contributed by atoms with E-state index in [1.165, 1.54) is 12.1 Å². The van der Waals surface area contributed by atoms with Crippen LogP contribution in [0.15, 0.2) is 36.4 Å². The second-order valence-electron chi connectivity index (χ2n) is 6.11. The topological polar surface area (TPSA) is 92.8 Å². The normalized spacial score (nSPS) is 11.1. The number of rotatable bonds is 7. The van der Waals surface area contributed by atoms with Crippen LogP contribution < -0.4 is 9.62 Å². The van der Waals surface area contributed by atoms with Gasteiger partial charge in [0.1, 0.15) is 6.54 Å². The molecular formula is C19H20F2N2O5S. The van der Waals surface area contributed by atoms with Gasteiger partial charge in [0.05, 0.1) is 24.1 Å². The molecule has 0 fully saturated rings. The zero-order valence-electron chi connectivity index (χ0n) is 16.0. The van der Waals surface area contributed by atoms with E-state index in [-0.39, 0.29) is 17.9 Å². The number of hydrogen-bond donors (Lipinski definition) is 1. The molecule has 0 saturated carbocycles. The molecule has 2 aromatic carbocycles. The number of anilines is 2. The fourth-order valence-corrected chi connectivity index (χ4v) is 3.41. The summed E-state index contributed by atoms with van der Waals surface area (Å²) in [4.78, 5) is 24.4. The molecule has 0 aliphatic rings. The van der Waals surface area contributed by atoms with Crippen LogP contribution in [0.1, 0.15) is 22.8 Å². The summed E-state index contributed by atoms with van der Waals surface area (Å²) in [6.45, 7) is 2.78. The van der Waals surface area contributed by atoms with Gasteiger partial charge in [0, 0.05) is 11.8 Å². The number of esters is 1. The van der Waals surface area contributed by atoms with Crippen molar-refractivity contribution < 1.29 is 31.5 Å². The van der Waals surface area contributed by atoms with E-state index in [0.29, 0.717) is 21.6 Å². The Morgan fingerprint density at radius 1 is 1.14 bits per heavy atom. The largest absolute Gasteiger partial charge is 0.462 e. The molecule has 0 radical (unpaired) electrons. The Kier molecular flexibility index (Phi) is 6.91. The van der Waals surface area contributed by atoms with Gasteiger partial charge in [-0.2, -0.15) is 0 Å². The number of carbonyl (C=O) groups excluding carboxylic acids is 2. The molecular weight excluding hydrogens is 406 g/mol. The highest BCUT2D eigenvalue weighted by molar-refractivity contribution is 7.92. The molecule has 1 amide bonds. The Morgan fingerprint density at radius 3 is 2.41 bits per heavy atom. The highest BCUT2D eigenvalue weighted by Gasteiger charge is 2.23. The van der Waals surface area contributed by atoms with Crippen molar-refractivity contribution in [1.82, 2.24) is 0 Å². The van der Waals surface area contributed by atoms with Crippen LogP contribution in [0.2, 0.25) is 0 Å². The lowest BCUT2D eigenvalue weighted by atomic mass is 10.1. The molecule has 0 aromatic heterocycles. The third-order valence-electron chi connectivity index (χ3n) is 3.98. The maximum Gasteiger partial charge on any atom is 0.338 e. The van der Waals surface area contributed by atoms with Gasteiger partial charge in [-0.25, -0.2) is 22.0 Å². The summed E-state index contributed by atoms with van der Waals surface area (Å²) >= 11 is 0. The Balaban J connectivity index is 2.26. The lowest BCUT2D eigenvalue weighted by Crippen LogP contribution is -2.37. The van der Waals surface area contributed by atoms with Crippen LogP contribution >= 0.6 is 0 Å². The molecule has 10 heteroatoms. The number of amides is 1. The maximum atomic E-state index is 13.5. The van der Waals surface area contributed by atoms with Crippen LogP contribution in [0.5, 0.6) is 0 Å². The van der Waals surface area contributed by atoms with E-state index in [9.17, 15) is 26.8 Å². The average molecular weight is 426 g/mol. The number of nitrogens with one attached hydrogen (secondary N) is 1. The number of halogens is 2. The molecule has 29 heavy (non-hydrogen) atoms. The van der Waals surface area contributed by atoms with Gasteiger partial charge in [0.15, 0.2) is 11.6 Å². The molecule has 0 saturated heterocycles. The van der Waals surface area contributed by atoms with Gasteiger partial charge in [-0.15, -0.1) is 0 Å². The fraction of sp³-hybridized carbons (Fsp3) is 0.263. The first kappa shape index (κ1) is 22.3. The van der Waals surface area contributed by atoms with Gasteiger partial charge in [0.2, 0.25) is 15.9 Å². The zero-order valence-corrected chi connectivity index (χ0v) is 16.8. The predicted molar refractivity (Wildman–Crippen MR) is 104 cm³/mol.